The van der Waals surface area contributed by atoms with E-state index < -0.39 is 52.5 Å². The first-order valence-electron chi connectivity index (χ1n) is 9.08. The van der Waals surface area contributed by atoms with E-state index in [-0.39, 0.29) is 19.0 Å². The summed E-state index contributed by atoms with van der Waals surface area (Å²) < 4.78 is 42.9. The molecule has 1 aliphatic heterocycles. The fourth-order valence-corrected chi connectivity index (χ4v) is 4.52. The van der Waals surface area contributed by atoms with Crippen LogP contribution in [0.15, 0.2) is 17.1 Å². The number of rotatable bonds is 11. The van der Waals surface area contributed by atoms with Crippen LogP contribution in [-0.2, 0) is 27.2 Å². The molecule has 18 heteroatoms. The fraction of sp³-hybridized carbons (Fsp3) is 0.714. The molecular formula is C14H25N4O12P2-. The van der Waals surface area contributed by atoms with Crippen molar-refractivity contribution in [2.45, 2.75) is 24.5 Å². The largest absolute Gasteiger partial charge is 0.756 e. The Morgan fingerprint density at radius 3 is 2.41 bits per heavy atom. The molecule has 184 valence electrons. The first-order chi connectivity index (χ1) is 14.6. The van der Waals surface area contributed by atoms with Crippen LogP contribution in [-0.4, -0.2) is 88.7 Å². The smallest absolute Gasteiger partial charge is 0.351 e. The summed E-state index contributed by atoms with van der Waals surface area (Å²) in [4.78, 5) is 39.0. The van der Waals surface area contributed by atoms with Gasteiger partial charge in [-0.15, -0.1) is 0 Å². The van der Waals surface area contributed by atoms with Gasteiger partial charge in [-0.2, -0.15) is 4.98 Å². The summed E-state index contributed by atoms with van der Waals surface area (Å²) in [7, 11) is -5.42. The van der Waals surface area contributed by atoms with E-state index in [1.807, 2.05) is 0 Å². The lowest BCUT2D eigenvalue weighted by Gasteiger charge is -2.32. The first-order valence-corrected chi connectivity index (χ1v) is 12.0. The fourth-order valence-electron chi connectivity index (χ4n) is 2.53. The summed E-state index contributed by atoms with van der Waals surface area (Å²) in [6, 6.07) is 1.16. The summed E-state index contributed by atoms with van der Waals surface area (Å²) in [5, 5.41) is 29.0. The Balaban J connectivity index is 1.97. The molecule has 1 saturated heterocycles. The summed E-state index contributed by atoms with van der Waals surface area (Å²) in [6.45, 7) is -1.03. The highest BCUT2D eigenvalue weighted by atomic mass is 31.3. The van der Waals surface area contributed by atoms with Gasteiger partial charge in [0.15, 0.2) is 12.0 Å². The minimum Gasteiger partial charge on any atom is -0.756 e. The number of nitrogens with zero attached hydrogens (tertiary/aromatic N) is 3. The monoisotopic (exact) mass is 503 g/mol. The minimum atomic E-state index is -5.45. The number of hydrogen-bond acceptors (Lipinski definition) is 14. The number of aliphatic hydroxyl groups is 2. The molecule has 1 aromatic rings. The van der Waals surface area contributed by atoms with E-state index in [9.17, 15) is 33.9 Å². The maximum atomic E-state index is 12.0. The SMILES string of the molecule is C[N+](C)(C)CCOP(=O)([O-])OP(=O)([O-])OC[C@H]1O[C@@H](n2ccc(NO)nc2=O)[C@H](O)[C@@H]1O. The van der Waals surface area contributed by atoms with Gasteiger partial charge in [0.2, 0.25) is 0 Å². The number of phosphoric acid groups is 2. The van der Waals surface area contributed by atoms with E-state index in [1.54, 1.807) is 26.6 Å². The Morgan fingerprint density at radius 2 is 1.84 bits per heavy atom. The first kappa shape index (κ1) is 27.0. The summed E-state index contributed by atoms with van der Waals surface area (Å²) in [5.41, 5.74) is 0.693. The third kappa shape index (κ3) is 7.66. The van der Waals surface area contributed by atoms with Crippen LogP contribution in [0.5, 0.6) is 0 Å². The minimum absolute atomic E-state index is 0.186. The topological polar surface area (TPSA) is 225 Å². The second-order valence-corrected chi connectivity index (χ2v) is 10.7. The Bertz CT molecular complexity index is 937. The molecule has 2 rings (SSSR count). The number of phosphoric ester groups is 2. The third-order valence-electron chi connectivity index (χ3n) is 4.16. The molecule has 0 aromatic carbocycles. The van der Waals surface area contributed by atoms with Crippen molar-refractivity contribution in [3.05, 3.63) is 22.7 Å². The predicted molar refractivity (Wildman–Crippen MR) is 101 cm³/mol. The van der Waals surface area contributed by atoms with Crippen molar-refractivity contribution in [1.29, 1.82) is 0 Å². The lowest BCUT2D eigenvalue weighted by Crippen LogP contribution is -2.37. The summed E-state index contributed by atoms with van der Waals surface area (Å²) in [5.74, 6) is -0.186. The average Bonchev–Trinajstić information content (AvgIpc) is 2.92. The molecule has 2 unspecified atom stereocenters. The van der Waals surface area contributed by atoms with Gasteiger partial charge in [-0.1, -0.05) is 0 Å². The normalized spacial score (nSPS) is 27.6. The Hall–Kier alpha value is -1.26. The van der Waals surface area contributed by atoms with E-state index in [0.717, 1.165) is 16.8 Å². The van der Waals surface area contributed by atoms with Gasteiger partial charge in [-0.3, -0.25) is 24.4 Å². The maximum Gasteiger partial charge on any atom is 0.351 e. The molecule has 2 heterocycles. The second kappa shape index (κ2) is 10.3. The number of likely N-dealkylation sites (N-methyl/N-ethyl adjacent to an activating group) is 1. The van der Waals surface area contributed by atoms with Gasteiger partial charge in [0.1, 0.15) is 31.5 Å². The van der Waals surface area contributed by atoms with Crippen molar-refractivity contribution >= 4 is 21.5 Å². The molecule has 1 aromatic heterocycles. The molecule has 16 nitrogen and oxygen atoms in total. The van der Waals surface area contributed by atoms with E-state index >= 15 is 0 Å². The molecule has 0 aliphatic carbocycles. The highest BCUT2D eigenvalue weighted by Crippen LogP contribution is 2.55. The van der Waals surface area contributed by atoms with Gasteiger partial charge in [0, 0.05) is 6.20 Å². The molecule has 4 N–H and O–H groups in total. The van der Waals surface area contributed by atoms with Crippen LogP contribution in [0.3, 0.4) is 0 Å². The zero-order valence-corrected chi connectivity index (χ0v) is 19.1. The Kier molecular flexibility index (Phi) is 8.72. The Labute approximate surface area is 182 Å². The number of quaternary nitrogens is 1. The summed E-state index contributed by atoms with van der Waals surface area (Å²) in [6.07, 6.45) is -5.24. The molecule has 1 aliphatic rings. The van der Waals surface area contributed by atoms with Crippen molar-refractivity contribution < 1.29 is 56.9 Å². The van der Waals surface area contributed by atoms with Crippen molar-refractivity contribution in [3.8, 4) is 0 Å². The van der Waals surface area contributed by atoms with Crippen LogP contribution in [0.2, 0.25) is 0 Å². The van der Waals surface area contributed by atoms with E-state index in [2.05, 4.69) is 18.3 Å². The maximum absolute atomic E-state index is 12.0. The zero-order chi connectivity index (χ0) is 24.3. The molecule has 0 radical (unpaired) electrons. The van der Waals surface area contributed by atoms with Crippen LogP contribution in [0.25, 0.3) is 0 Å². The van der Waals surface area contributed by atoms with Gasteiger partial charge < -0.3 is 38.3 Å². The summed E-state index contributed by atoms with van der Waals surface area (Å²) >= 11 is 0. The van der Waals surface area contributed by atoms with Crippen molar-refractivity contribution in [2.75, 3.05) is 46.4 Å². The zero-order valence-electron chi connectivity index (χ0n) is 17.3. The molecule has 32 heavy (non-hydrogen) atoms. The third-order valence-corrected chi connectivity index (χ3v) is 6.73. The predicted octanol–water partition coefficient (Wildman–Crippen LogP) is -2.64. The van der Waals surface area contributed by atoms with Crippen LogP contribution in [0, 0.1) is 0 Å². The number of anilines is 1. The van der Waals surface area contributed by atoms with E-state index in [4.69, 9.17) is 9.94 Å². The molecule has 0 spiro atoms. The number of aliphatic hydroxyl groups excluding tert-OH is 2. The number of aromatic nitrogens is 2. The molecule has 0 saturated carbocycles. The van der Waals surface area contributed by atoms with Crippen LogP contribution in [0.1, 0.15) is 6.23 Å². The number of nitrogens with one attached hydrogen (secondary N) is 1. The van der Waals surface area contributed by atoms with Gasteiger partial charge in [-0.25, -0.2) is 9.11 Å². The quantitative estimate of drug-likeness (QED) is 0.138. The molecule has 6 atom stereocenters. The van der Waals surface area contributed by atoms with Crippen LogP contribution >= 0.6 is 15.6 Å². The van der Waals surface area contributed by atoms with Gasteiger partial charge in [0.25, 0.3) is 15.6 Å². The van der Waals surface area contributed by atoms with Crippen LogP contribution in [0.4, 0.5) is 5.82 Å². The standard InChI is InChI=1S/C14H26N4O12P2/c1-18(2,3)6-7-27-31(23,24)30-32(25,26)28-8-9-11(19)12(20)13(29-9)17-5-4-10(16-22)15-14(17)21/h4-5,9,11-13,19-20H,6-8H2,1-3H3,(H3-,15,16,21,22,23,24,25,26)/p-1/t9-,11-,12-,13-/m1/s1. The molecule has 1 fully saturated rings. The van der Waals surface area contributed by atoms with E-state index in [1.165, 1.54) is 0 Å². The van der Waals surface area contributed by atoms with Gasteiger partial charge in [-0.05, 0) is 6.07 Å². The van der Waals surface area contributed by atoms with E-state index in [0.29, 0.717) is 4.48 Å². The molecule has 0 amide bonds. The molecule has 0 bridgehead atoms. The lowest BCUT2D eigenvalue weighted by atomic mass is 10.1. The number of hydrogen-bond donors (Lipinski definition) is 4. The number of ether oxygens (including phenoxy) is 1. The van der Waals surface area contributed by atoms with Crippen molar-refractivity contribution in [3.63, 3.8) is 0 Å². The van der Waals surface area contributed by atoms with Crippen molar-refractivity contribution in [1.82, 2.24) is 9.55 Å². The highest BCUT2D eigenvalue weighted by Gasteiger charge is 2.44. The van der Waals surface area contributed by atoms with Crippen molar-refractivity contribution in [2.24, 2.45) is 0 Å². The van der Waals surface area contributed by atoms with Gasteiger partial charge in [0.05, 0.1) is 27.7 Å². The second-order valence-electron chi connectivity index (χ2n) is 7.78. The van der Waals surface area contributed by atoms with Crippen LogP contribution < -0.4 is 21.0 Å². The lowest BCUT2D eigenvalue weighted by molar-refractivity contribution is -0.870. The molecular weight excluding hydrogens is 478 g/mol. The Morgan fingerprint density at radius 1 is 1.22 bits per heavy atom. The van der Waals surface area contributed by atoms with Gasteiger partial charge >= 0.3 is 5.69 Å². The highest BCUT2D eigenvalue weighted by molar-refractivity contribution is 7.59. The average molecular weight is 503 g/mol.